The summed E-state index contributed by atoms with van der Waals surface area (Å²) in [7, 11) is 1.55. The zero-order valence-corrected chi connectivity index (χ0v) is 18.5. The Balaban J connectivity index is 1.50. The smallest absolute Gasteiger partial charge is 0.352 e. The van der Waals surface area contributed by atoms with E-state index in [-0.39, 0.29) is 18.1 Å². The number of nitrogens with zero attached hydrogens (tertiary/aromatic N) is 4. The third kappa shape index (κ3) is 3.38. The Kier molecular flexibility index (Phi) is 4.77. The van der Waals surface area contributed by atoms with Crippen LogP contribution in [0.4, 0.5) is 5.69 Å². The van der Waals surface area contributed by atoms with E-state index in [1.807, 2.05) is 19.1 Å². The molecule has 4 aromatic rings. The minimum atomic E-state index is -0.375. The molecule has 0 saturated heterocycles. The Morgan fingerprint density at radius 1 is 1.39 bits per heavy atom. The van der Waals surface area contributed by atoms with Gasteiger partial charge >= 0.3 is 5.69 Å². The van der Waals surface area contributed by atoms with Crippen molar-refractivity contribution in [1.82, 2.24) is 19.2 Å². The van der Waals surface area contributed by atoms with Crippen molar-refractivity contribution < 1.29 is 9.53 Å². The molecule has 0 saturated carbocycles. The number of methoxy groups -OCH3 is 1. The Hall–Kier alpha value is -3.20. The number of ether oxygens (including phenoxy) is 1. The molecule has 1 unspecified atom stereocenters. The predicted octanol–water partition coefficient (Wildman–Crippen LogP) is 3.19. The predicted molar refractivity (Wildman–Crippen MR) is 120 cm³/mol. The number of fused-ring (bicyclic) bond motifs is 5. The number of benzene rings is 1. The molecule has 3 heterocycles. The number of thiophene rings is 1. The number of rotatable bonds is 4. The largest absolute Gasteiger partial charge is 0.495 e. The first-order chi connectivity index (χ1) is 14.9. The fourth-order valence-corrected chi connectivity index (χ4v) is 5.56. The quantitative estimate of drug-likeness (QED) is 0.530. The lowest BCUT2D eigenvalue weighted by Crippen LogP contribution is -2.28. The SMILES string of the molecule is COc1ccc(C)cc1NC(=O)Cn1nc2c3c4c(sc3ncn2c1=O)CC(C)CC4. The minimum Gasteiger partial charge on any atom is -0.495 e. The summed E-state index contributed by atoms with van der Waals surface area (Å²) in [5, 5.41) is 8.30. The van der Waals surface area contributed by atoms with Crippen LogP contribution in [0.5, 0.6) is 5.75 Å². The minimum absolute atomic E-state index is 0.192. The maximum atomic E-state index is 12.9. The highest BCUT2D eigenvalue weighted by Crippen LogP contribution is 2.38. The summed E-state index contributed by atoms with van der Waals surface area (Å²) in [4.78, 5) is 32.3. The first-order valence-electron chi connectivity index (χ1n) is 10.3. The van der Waals surface area contributed by atoms with E-state index in [1.165, 1.54) is 25.9 Å². The lowest BCUT2D eigenvalue weighted by atomic mass is 9.89. The Labute approximate surface area is 182 Å². The molecule has 5 rings (SSSR count). The van der Waals surface area contributed by atoms with Crippen LogP contribution >= 0.6 is 11.3 Å². The zero-order chi connectivity index (χ0) is 21.7. The maximum Gasteiger partial charge on any atom is 0.352 e. The molecule has 9 heteroatoms. The summed E-state index contributed by atoms with van der Waals surface area (Å²) in [5.74, 6) is 0.866. The first kappa shape index (κ1) is 19.7. The third-order valence-corrected chi connectivity index (χ3v) is 6.96. The van der Waals surface area contributed by atoms with E-state index in [4.69, 9.17) is 4.74 Å². The molecule has 8 nitrogen and oxygen atoms in total. The van der Waals surface area contributed by atoms with Gasteiger partial charge in [-0.1, -0.05) is 13.0 Å². The van der Waals surface area contributed by atoms with Gasteiger partial charge < -0.3 is 10.1 Å². The molecule has 1 N–H and O–H groups in total. The van der Waals surface area contributed by atoms with Gasteiger partial charge in [0.1, 0.15) is 23.5 Å². The van der Waals surface area contributed by atoms with Gasteiger partial charge in [-0.15, -0.1) is 16.4 Å². The topological polar surface area (TPSA) is 90.5 Å². The number of aromatic nitrogens is 4. The monoisotopic (exact) mass is 437 g/mol. The molecule has 0 aliphatic heterocycles. The number of nitrogens with one attached hydrogen (secondary N) is 1. The highest BCUT2D eigenvalue weighted by atomic mass is 32.1. The van der Waals surface area contributed by atoms with Crippen LogP contribution in [-0.4, -0.2) is 32.2 Å². The number of carbonyl (C=O) groups excluding carboxylic acids is 1. The summed E-state index contributed by atoms with van der Waals surface area (Å²) < 4.78 is 7.95. The van der Waals surface area contributed by atoms with Gasteiger partial charge in [0, 0.05) is 4.88 Å². The summed E-state index contributed by atoms with van der Waals surface area (Å²) in [6.07, 6.45) is 4.63. The number of aryl methyl sites for hydroxylation is 2. The number of hydrogen-bond acceptors (Lipinski definition) is 6. The molecule has 0 radical (unpaired) electrons. The zero-order valence-electron chi connectivity index (χ0n) is 17.6. The van der Waals surface area contributed by atoms with Crippen LogP contribution < -0.4 is 15.7 Å². The highest BCUT2D eigenvalue weighted by molar-refractivity contribution is 7.19. The number of hydrogen-bond donors (Lipinski definition) is 1. The highest BCUT2D eigenvalue weighted by Gasteiger charge is 2.24. The van der Waals surface area contributed by atoms with Crippen LogP contribution in [0.15, 0.2) is 29.3 Å². The summed E-state index contributed by atoms with van der Waals surface area (Å²) in [6, 6.07) is 5.53. The average Bonchev–Trinajstić information content (AvgIpc) is 3.25. The first-order valence-corrected chi connectivity index (χ1v) is 11.1. The van der Waals surface area contributed by atoms with Gasteiger partial charge in [-0.2, -0.15) is 0 Å². The molecule has 1 amide bonds. The molecule has 1 atom stereocenters. The average molecular weight is 438 g/mol. The van der Waals surface area contributed by atoms with E-state index in [0.717, 1.165) is 35.0 Å². The molecule has 0 fully saturated rings. The van der Waals surface area contributed by atoms with Crippen molar-refractivity contribution in [3.8, 4) is 5.75 Å². The van der Waals surface area contributed by atoms with Gasteiger partial charge in [0.15, 0.2) is 5.65 Å². The van der Waals surface area contributed by atoms with Gasteiger partial charge in [0.25, 0.3) is 0 Å². The van der Waals surface area contributed by atoms with Crippen molar-refractivity contribution in [2.24, 2.45) is 5.92 Å². The van der Waals surface area contributed by atoms with Gasteiger partial charge in [-0.25, -0.2) is 18.9 Å². The van der Waals surface area contributed by atoms with Crippen LogP contribution in [0.3, 0.4) is 0 Å². The van der Waals surface area contributed by atoms with Crippen molar-refractivity contribution in [3.63, 3.8) is 0 Å². The fourth-order valence-electron chi connectivity index (χ4n) is 4.21. The molecule has 31 heavy (non-hydrogen) atoms. The van der Waals surface area contributed by atoms with E-state index < -0.39 is 0 Å². The van der Waals surface area contributed by atoms with Crippen molar-refractivity contribution in [1.29, 1.82) is 0 Å². The second-order valence-corrected chi connectivity index (χ2v) is 9.25. The standard InChI is InChI=1S/C22H23N5O3S/c1-12-5-7-16(30-3)15(8-12)24-18(28)10-27-22(29)26-11-23-21-19(20(26)25-27)14-6-4-13(2)9-17(14)31-21/h5,7-8,11,13H,4,6,9-10H2,1-3H3,(H,24,28). The van der Waals surface area contributed by atoms with Gasteiger partial charge in [-0.05, 0) is 55.4 Å². The fraction of sp³-hybridized carbons (Fsp3) is 0.364. The molecule has 0 spiro atoms. The lowest BCUT2D eigenvalue weighted by molar-refractivity contribution is -0.117. The molecule has 0 bridgehead atoms. The normalized spacial score (nSPS) is 15.9. The van der Waals surface area contributed by atoms with Crippen molar-refractivity contribution in [3.05, 3.63) is 51.0 Å². The van der Waals surface area contributed by atoms with Crippen LogP contribution in [0, 0.1) is 12.8 Å². The van der Waals surface area contributed by atoms with E-state index in [1.54, 1.807) is 24.5 Å². The molecule has 160 valence electrons. The van der Waals surface area contributed by atoms with Gasteiger partial charge in [0.2, 0.25) is 5.91 Å². The molecule has 1 aromatic carbocycles. The number of anilines is 1. The molecule has 1 aliphatic rings. The van der Waals surface area contributed by atoms with E-state index in [2.05, 4.69) is 22.3 Å². The van der Waals surface area contributed by atoms with Gasteiger partial charge in [0.05, 0.1) is 18.2 Å². The molecular formula is C22H23N5O3S. The van der Waals surface area contributed by atoms with Crippen LogP contribution in [0.1, 0.15) is 29.3 Å². The van der Waals surface area contributed by atoms with E-state index in [0.29, 0.717) is 23.0 Å². The molecule has 3 aromatic heterocycles. The summed E-state index contributed by atoms with van der Waals surface area (Å²) in [5.41, 5.74) is 3.01. The molecule has 1 aliphatic carbocycles. The lowest BCUT2D eigenvalue weighted by Gasteiger charge is -2.17. The maximum absolute atomic E-state index is 12.9. The summed E-state index contributed by atoms with van der Waals surface area (Å²) >= 11 is 1.69. The van der Waals surface area contributed by atoms with E-state index >= 15 is 0 Å². The van der Waals surface area contributed by atoms with E-state index in [9.17, 15) is 9.59 Å². The van der Waals surface area contributed by atoms with Crippen molar-refractivity contribution in [2.75, 3.05) is 12.4 Å². The number of amides is 1. The second-order valence-electron chi connectivity index (χ2n) is 8.16. The van der Waals surface area contributed by atoms with Crippen LogP contribution in [-0.2, 0) is 24.2 Å². The second kappa shape index (κ2) is 7.49. The third-order valence-electron chi connectivity index (χ3n) is 5.80. The van der Waals surface area contributed by atoms with Crippen LogP contribution in [0.25, 0.3) is 15.9 Å². The van der Waals surface area contributed by atoms with Gasteiger partial charge in [-0.3, -0.25) is 4.79 Å². The van der Waals surface area contributed by atoms with Crippen LogP contribution in [0.2, 0.25) is 0 Å². The Morgan fingerprint density at radius 3 is 3.03 bits per heavy atom. The number of carbonyl (C=O) groups is 1. The van der Waals surface area contributed by atoms with Crippen molar-refractivity contribution >= 4 is 38.8 Å². The Bertz CT molecular complexity index is 1380. The molecular weight excluding hydrogens is 414 g/mol. The summed E-state index contributed by atoms with van der Waals surface area (Å²) in [6.45, 7) is 4.00. The van der Waals surface area contributed by atoms with Crippen molar-refractivity contribution in [2.45, 2.75) is 39.7 Å². The Morgan fingerprint density at radius 2 is 2.23 bits per heavy atom.